The number of pyridine rings is 1. The first-order chi connectivity index (χ1) is 10.1. The zero-order valence-corrected chi connectivity index (χ0v) is 14.0. The van der Waals surface area contributed by atoms with Crippen LogP contribution >= 0.6 is 39.1 Å². The standard InChI is InChI=1S/C16H11BrCl2N2/c17-13-8-11(18)4-3-10(13)9-21-15-6-5-14(19)16-12(15)2-1-7-20-16/h1-8,21H,9H2. The van der Waals surface area contributed by atoms with Gasteiger partial charge in [0.15, 0.2) is 0 Å². The second kappa shape index (κ2) is 6.22. The van der Waals surface area contributed by atoms with E-state index < -0.39 is 0 Å². The van der Waals surface area contributed by atoms with Crippen molar-refractivity contribution in [1.29, 1.82) is 0 Å². The van der Waals surface area contributed by atoms with Gasteiger partial charge in [-0.05, 0) is 42.0 Å². The Morgan fingerprint density at radius 2 is 1.95 bits per heavy atom. The minimum atomic E-state index is 0.656. The molecule has 3 aromatic rings. The summed E-state index contributed by atoms with van der Waals surface area (Å²) in [6.07, 6.45) is 1.74. The second-order valence-electron chi connectivity index (χ2n) is 4.58. The van der Waals surface area contributed by atoms with Crippen molar-refractivity contribution < 1.29 is 0 Å². The van der Waals surface area contributed by atoms with E-state index in [0.29, 0.717) is 16.6 Å². The molecule has 2 nitrogen and oxygen atoms in total. The zero-order chi connectivity index (χ0) is 14.8. The number of benzene rings is 2. The van der Waals surface area contributed by atoms with Gasteiger partial charge in [-0.25, -0.2) is 0 Å². The highest BCUT2D eigenvalue weighted by Crippen LogP contribution is 2.29. The van der Waals surface area contributed by atoms with Gasteiger partial charge in [-0.1, -0.05) is 45.2 Å². The fourth-order valence-electron chi connectivity index (χ4n) is 2.15. The zero-order valence-electron chi connectivity index (χ0n) is 10.9. The minimum absolute atomic E-state index is 0.656. The monoisotopic (exact) mass is 380 g/mol. The molecular weight excluding hydrogens is 371 g/mol. The van der Waals surface area contributed by atoms with Gasteiger partial charge in [0, 0.05) is 33.3 Å². The van der Waals surface area contributed by atoms with Gasteiger partial charge in [0.05, 0.1) is 10.5 Å². The minimum Gasteiger partial charge on any atom is -0.380 e. The first kappa shape index (κ1) is 14.6. The summed E-state index contributed by atoms with van der Waals surface area (Å²) in [5, 5.41) is 5.80. The van der Waals surface area contributed by atoms with Crippen molar-refractivity contribution in [3.63, 3.8) is 0 Å². The number of rotatable bonds is 3. The fourth-order valence-corrected chi connectivity index (χ4v) is 3.18. The lowest BCUT2D eigenvalue weighted by Crippen LogP contribution is -2.01. The number of hydrogen-bond acceptors (Lipinski definition) is 2. The van der Waals surface area contributed by atoms with Crippen molar-refractivity contribution in [2.75, 3.05) is 5.32 Å². The SMILES string of the molecule is Clc1ccc(CNc2ccc(Cl)c3ncccc23)c(Br)c1. The normalized spacial score (nSPS) is 10.8. The van der Waals surface area contributed by atoms with Crippen LogP contribution in [0, 0.1) is 0 Å². The molecule has 0 aliphatic rings. The first-order valence-corrected chi connectivity index (χ1v) is 7.91. The summed E-state index contributed by atoms with van der Waals surface area (Å²) in [7, 11) is 0. The molecule has 3 rings (SSSR count). The van der Waals surface area contributed by atoms with Gasteiger partial charge in [-0.3, -0.25) is 4.98 Å². The highest BCUT2D eigenvalue weighted by Gasteiger charge is 2.06. The van der Waals surface area contributed by atoms with Crippen LogP contribution in [0.2, 0.25) is 10.0 Å². The Balaban J connectivity index is 1.90. The van der Waals surface area contributed by atoms with E-state index in [1.54, 1.807) is 6.20 Å². The topological polar surface area (TPSA) is 24.9 Å². The summed E-state index contributed by atoms with van der Waals surface area (Å²) in [4.78, 5) is 4.33. The fraction of sp³-hybridized carbons (Fsp3) is 0.0625. The van der Waals surface area contributed by atoms with E-state index in [1.165, 1.54) is 0 Å². The van der Waals surface area contributed by atoms with Crippen LogP contribution in [-0.4, -0.2) is 4.98 Å². The number of fused-ring (bicyclic) bond motifs is 1. The van der Waals surface area contributed by atoms with Gasteiger partial charge in [0.2, 0.25) is 0 Å². The Bertz CT molecular complexity index is 805. The molecule has 0 fully saturated rings. The van der Waals surface area contributed by atoms with Crippen molar-refractivity contribution in [3.05, 3.63) is 68.7 Å². The van der Waals surface area contributed by atoms with Gasteiger partial charge < -0.3 is 5.32 Å². The maximum absolute atomic E-state index is 6.18. The van der Waals surface area contributed by atoms with Crippen LogP contribution in [0.15, 0.2) is 53.1 Å². The van der Waals surface area contributed by atoms with Gasteiger partial charge in [0.1, 0.15) is 0 Å². The molecule has 0 aliphatic carbocycles. The molecule has 1 N–H and O–H groups in total. The molecule has 21 heavy (non-hydrogen) atoms. The highest BCUT2D eigenvalue weighted by atomic mass is 79.9. The van der Waals surface area contributed by atoms with E-state index in [-0.39, 0.29) is 0 Å². The Kier molecular flexibility index (Phi) is 4.34. The third-order valence-corrected chi connectivity index (χ3v) is 4.48. The van der Waals surface area contributed by atoms with Gasteiger partial charge in [0.25, 0.3) is 0 Å². The number of hydrogen-bond donors (Lipinski definition) is 1. The molecule has 0 spiro atoms. The Hall–Kier alpha value is -1.29. The Morgan fingerprint density at radius 3 is 2.76 bits per heavy atom. The molecule has 2 aromatic carbocycles. The summed E-state index contributed by atoms with van der Waals surface area (Å²) in [5.41, 5.74) is 2.94. The maximum atomic E-state index is 6.18. The molecule has 0 amide bonds. The molecule has 1 aromatic heterocycles. The lowest BCUT2D eigenvalue weighted by molar-refractivity contribution is 1.14. The van der Waals surface area contributed by atoms with Gasteiger partial charge in [-0.15, -0.1) is 0 Å². The van der Waals surface area contributed by atoms with E-state index in [1.807, 2.05) is 42.5 Å². The third kappa shape index (κ3) is 3.15. The predicted molar refractivity (Wildman–Crippen MR) is 93.2 cm³/mol. The van der Waals surface area contributed by atoms with E-state index in [4.69, 9.17) is 23.2 Å². The average molecular weight is 382 g/mol. The molecule has 0 unspecified atom stereocenters. The van der Waals surface area contributed by atoms with Gasteiger partial charge >= 0.3 is 0 Å². The maximum Gasteiger partial charge on any atom is 0.0908 e. The van der Waals surface area contributed by atoms with Crippen LogP contribution in [0.5, 0.6) is 0 Å². The number of aromatic nitrogens is 1. The summed E-state index contributed by atoms with van der Waals surface area (Å²) < 4.78 is 0.985. The smallest absolute Gasteiger partial charge is 0.0908 e. The number of nitrogens with zero attached hydrogens (tertiary/aromatic N) is 1. The Labute approximate surface area is 141 Å². The van der Waals surface area contributed by atoms with Crippen LogP contribution in [0.3, 0.4) is 0 Å². The molecule has 0 aliphatic heterocycles. The van der Waals surface area contributed by atoms with Crippen LogP contribution in [0.25, 0.3) is 10.9 Å². The third-order valence-electron chi connectivity index (χ3n) is 3.20. The van der Waals surface area contributed by atoms with Crippen molar-refractivity contribution in [1.82, 2.24) is 4.98 Å². The number of nitrogens with one attached hydrogen (secondary N) is 1. The predicted octanol–water partition coefficient (Wildman–Crippen LogP) is 5.92. The second-order valence-corrected chi connectivity index (χ2v) is 6.28. The molecule has 0 radical (unpaired) electrons. The summed E-state index contributed by atoms with van der Waals surface area (Å²) >= 11 is 15.7. The van der Waals surface area contributed by atoms with Crippen molar-refractivity contribution in [2.45, 2.75) is 6.54 Å². The first-order valence-electron chi connectivity index (χ1n) is 6.36. The van der Waals surface area contributed by atoms with Gasteiger partial charge in [-0.2, -0.15) is 0 Å². The molecule has 0 atom stereocenters. The average Bonchev–Trinajstić information content (AvgIpc) is 2.48. The summed E-state index contributed by atoms with van der Waals surface area (Å²) in [5.74, 6) is 0. The van der Waals surface area contributed by atoms with Crippen molar-refractivity contribution in [3.8, 4) is 0 Å². The molecule has 0 bridgehead atoms. The number of anilines is 1. The van der Waals surface area contributed by atoms with Crippen LogP contribution in [0.1, 0.15) is 5.56 Å². The van der Waals surface area contributed by atoms with Crippen LogP contribution < -0.4 is 5.32 Å². The van der Waals surface area contributed by atoms with Crippen LogP contribution in [0.4, 0.5) is 5.69 Å². The van der Waals surface area contributed by atoms with Crippen LogP contribution in [-0.2, 0) is 6.54 Å². The largest absolute Gasteiger partial charge is 0.380 e. The van der Waals surface area contributed by atoms with E-state index in [9.17, 15) is 0 Å². The molecule has 0 saturated heterocycles. The summed E-state index contributed by atoms with van der Waals surface area (Å²) in [6, 6.07) is 13.5. The van der Waals surface area contributed by atoms with E-state index in [2.05, 4.69) is 26.2 Å². The quantitative estimate of drug-likeness (QED) is 0.609. The van der Waals surface area contributed by atoms with Crippen molar-refractivity contribution in [2.24, 2.45) is 0 Å². The highest BCUT2D eigenvalue weighted by molar-refractivity contribution is 9.10. The molecule has 1 heterocycles. The number of halogens is 3. The molecule has 0 saturated carbocycles. The van der Waals surface area contributed by atoms with E-state index in [0.717, 1.165) is 26.6 Å². The van der Waals surface area contributed by atoms with Crippen molar-refractivity contribution >= 4 is 55.7 Å². The van der Waals surface area contributed by atoms with E-state index >= 15 is 0 Å². The molecular formula is C16H11BrCl2N2. The Morgan fingerprint density at radius 1 is 1.10 bits per heavy atom. The molecule has 106 valence electrons. The lowest BCUT2D eigenvalue weighted by atomic mass is 10.1. The lowest BCUT2D eigenvalue weighted by Gasteiger charge is -2.11. The molecule has 5 heteroatoms. The summed E-state index contributed by atoms with van der Waals surface area (Å²) in [6.45, 7) is 0.684.